The molecule has 6 heteroatoms. The number of rotatable bonds is 6. The number of carbonyl (C=O) groups excluding carboxylic acids is 1. The highest BCUT2D eigenvalue weighted by Gasteiger charge is 2.13. The third kappa shape index (κ3) is 3.60. The first-order chi connectivity index (χ1) is 11.5. The fourth-order valence-electron chi connectivity index (χ4n) is 2.17. The van der Waals surface area contributed by atoms with Crippen LogP contribution in [-0.4, -0.2) is 37.3 Å². The van der Waals surface area contributed by atoms with Crippen molar-refractivity contribution in [3.8, 4) is 28.7 Å². The van der Waals surface area contributed by atoms with Crippen LogP contribution in [0.4, 0.5) is 0 Å². The lowest BCUT2D eigenvalue weighted by molar-refractivity contribution is 0.104. The van der Waals surface area contributed by atoms with Gasteiger partial charge in [-0.1, -0.05) is 0 Å². The highest BCUT2D eigenvalue weighted by atomic mass is 16.5. The van der Waals surface area contributed by atoms with Gasteiger partial charge in [-0.2, -0.15) is 0 Å². The molecule has 0 unspecified atom stereocenters. The largest absolute Gasteiger partial charge is 0.508 e. The Morgan fingerprint density at radius 3 is 2.12 bits per heavy atom. The van der Waals surface area contributed by atoms with E-state index >= 15 is 0 Å². The van der Waals surface area contributed by atoms with E-state index in [1.807, 2.05) is 0 Å². The van der Waals surface area contributed by atoms with Crippen LogP contribution in [0.2, 0.25) is 0 Å². The third-order valence-corrected chi connectivity index (χ3v) is 3.40. The molecule has 2 aromatic carbocycles. The van der Waals surface area contributed by atoms with Gasteiger partial charge in [0.15, 0.2) is 5.78 Å². The Hall–Kier alpha value is -3.15. The molecule has 0 bridgehead atoms. The molecule has 2 rings (SSSR count). The Morgan fingerprint density at radius 1 is 0.958 bits per heavy atom. The third-order valence-electron chi connectivity index (χ3n) is 3.40. The fourth-order valence-corrected chi connectivity index (χ4v) is 2.17. The molecule has 0 saturated heterocycles. The summed E-state index contributed by atoms with van der Waals surface area (Å²) < 4.78 is 15.8. The normalized spacial score (nSPS) is 10.6. The summed E-state index contributed by atoms with van der Waals surface area (Å²) in [7, 11) is 4.51. The number of phenolic OH excluding ortho intramolecular Hbond substituents is 2. The quantitative estimate of drug-likeness (QED) is 0.481. The number of methoxy groups -OCH3 is 3. The lowest BCUT2D eigenvalue weighted by Gasteiger charge is -2.12. The summed E-state index contributed by atoms with van der Waals surface area (Å²) in [6.45, 7) is 0. The Labute approximate surface area is 139 Å². The van der Waals surface area contributed by atoms with Gasteiger partial charge in [-0.25, -0.2) is 0 Å². The topological polar surface area (TPSA) is 85.2 Å². The maximum Gasteiger partial charge on any atom is 0.189 e. The number of benzene rings is 2. The second kappa shape index (κ2) is 7.41. The molecule has 126 valence electrons. The Balaban J connectivity index is 2.41. The van der Waals surface area contributed by atoms with Crippen LogP contribution in [0.1, 0.15) is 15.9 Å². The maximum atomic E-state index is 12.2. The Kier molecular flexibility index (Phi) is 5.31. The molecule has 2 N–H and O–H groups in total. The van der Waals surface area contributed by atoms with Gasteiger partial charge in [-0.05, 0) is 30.4 Å². The van der Waals surface area contributed by atoms with E-state index in [1.165, 1.54) is 51.7 Å². The molecule has 0 aromatic heterocycles. The average Bonchev–Trinajstić information content (AvgIpc) is 2.60. The fraction of sp³-hybridized carbons (Fsp3) is 0.167. The highest BCUT2D eigenvalue weighted by molar-refractivity contribution is 6.09. The van der Waals surface area contributed by atoms with Crippen molar-refractivity contribution in [2.75, 3.05) is 21.3 Å². The first-order valence-electron chi connectivity index (χ1n) is 7.04. The van der Waals surface area contributed by atoms with Crippen LogP contribution < -0.4 is 14.2 Å². The molecule has 0 aliphatic rings. The summed E-state index contributed by atoms with van der Waals surface area (Å²) >= 11 is 0. The van der Waals surface area contributed by atoms with Crippen molar-refractivity contribution >= 4 is 11.9 Å². The zero-order valence-corrected chi connectivity index (χ0v) is 13.6. The van der Waals surface area contributed by atoms with Gasteiger partial charge in [0.1, 0.15) is 28.7 Å². The van der Waals surface area contributed by atoms with Crippen LogP contribution in [0.25, 0.3) is 6.08 Å². The lowest BCUT2D eigenvalue weighted by atomic mass is 10.1. The average molecular weight is 330 g/mol. The van der Waals surface area contributed by atoms with E-state index in [9.17, 15) is 15.0 Å². The summed E-state index contributed by atoms with van der Waals surface area (Å²) in [4.78, 5) is 12.2. The number of ether oxygens (including phenoxy) is 3. The van der Waals surface area contributed by atoms with Crippen molar-refractivity contribution in [3.05, 3.63) is 47.5 Å². The number of hydrogen-bond donors (Lipinski definition) is 2. The maximum absolute atomic E-state index is 12.2. The van der Waals surface area contributed by atoms with E-state index < -0.39 is 5.78 Å². The molecule has 0 spiro atoms. The van der Waals surface area contributed by atoms with E-state index in [1.54, 1.807) is 12.1 Å². The van der Waals surface area contributed by atoms with Crippen LogP contribution in [0.3, 0.4) is 0 Å². The van der Waals surface area contributed by atoms with Crippen molar-refractivity contribution in [2.45, 2.75) is 0 Å². The second-order valence-corrected chi connectivity index (χ2v) is 4.84. The van der Waals surface area contributed by atoms with Gasteiger partial charge in [-0.15, -0.1) is 0 Å². The predicted octanol–water partition coefficient (Wildman–Crippen LogP) is 3.02. The van der Waals surface area contributed by atoms with Crippen molar-refractivity contribution in [2.24, 2.45) is 0 Å². The van der Waals surface area contributed by atoms with Crippen LogP contribution in [-0.2, 0) is 0 Å². The van der Waals surface area contributed by atoms with Crippen LogP contribution >= 0.6 is 0 Å². The van der Waals surface area contributed by atoms with Gasteiger partial charge in [0.25, 0.3) is 0 Å². The molecule has 6 nitrogen and oxygen atoms in total. The van der Waals surface area contributed by atoms with Gasteiger partial charge in [0.05, 0.1) is 32.5 Å². The zero-order valence-electron chi connectivity index (χ0n) is 13.6. The number of aromatic hydroxyl groups is 2. The van der Waals surface area contributed by atoms with Gasteiger partial charge >= 0.3 is 0 Å². The van der Waals surface area contributed by atoms with Gasteiger partial charge in [0.2, 0.25) is 0 Å². The molecule has 0 fully saturated rings. The van der Waals surface area contributed by atoms with Crippen molar-refractivity contribution in [1.29, 1.82) is 0 Å². The molecule has 0 amide bonds. The summed E-state index contributed by atoms with van der Waals surface area (Å²) in [5.41, 5.74) is 0.548. The van der Waals surface area contributed by atoms with E-state index in [0.29, 0.717) is 22.8 Å². The Morgan fingerprint density at radius 2 is 1.58 bits per heavy atom. The van der Waals surface area contributed by atoms with Crippen LogP contribution in [0, 0.1) is 0 Å². The summed E-state index contributed by atoms with van der Waals surface area (Å²) in [6, 6.07) is 7.08. The van der Waals surface area contributed by atoms with Gasteiger partial charge in [0, 0.05) is 12.1 Å². The summed E-state index contributed by atoms with van der Waals surface area (Å²) in [5, 5.41) is 19.2. The second-order valence-electron chi connectivity index (χ2n) is 4.84. The minimum Gasteiger partial charge on any atom is -0.508 e. The molecule has 0 atom stereocenters. The zero-order chi connectivity index (χ0) is 17.7. The van der Waals surface area contributed by atoms with Crippen molar-refractivity contribution in [3.63, 3.8) is 0 Å². The number of ketones is 1. The van der Waals surface area contributed by atoms with Crippen LogP contribution in [0.5, 0.6) is 28.7 Å². The van der Waals surface area contributed by atoms with E-state index in [4.69, 9.17) is 14.2 Å². The molecule has 0 heterocycles. The monoisotopic (exact) mass is 330 g/mol. The number of hydrogen-bond acceptors (Lipinski definition) is 6. The molecule has 2 aromatic rings. The minimum atomic E-state index is -0.469. The minimum absolute atomic E-state index is 0.00213. The first-order valence-corrected chi connectivity index (χ1v) is 7.04. The van der Waals surface area contributed by atoms with Gasteiger partial charge < -0.3 is 24.4 Å². The summed E-state index contributed by atoms with van der Waals surface area (Å²) in [6.07, 6.45) is 2.78. The lowest BCUT2D eigenvalue weighted by Crippen LogP contribution is -1.97. The van der Waals surface area contributed by atoms with Crippen molar-refractivity contribution in [1.82, 2.24) is 0 Å². The highest BCUT2D eigenvalue weighted by Crippen LogP contribution is 2.35. The smallest absolute Gasteiger partial charge is 0.189 e. The standard InChI is InChI=1S/C18H18O6/c1-22-12-9-17(23-2)13(18(10-12)24-3)5-7-16(21)14-8-11(19)4-6-15(14)20/h4-10,19-20H,1-3H3/b7-5+. The SMILES string of the molecule is COc1cc(OC)c(/C=C/C(=O)c2cc(O)ccc2O)c(OC)c1. The number of allylic oxidation sites excluding steroid dienone is 1. The first kappa shape index (κ1) is 17.2. The van der Waals surface area contributed by atoms with Gasteiger partial charge in [-0.3, -0.25) is 4.79 Å². The summed E-state index contributed by atoms with van der Waals surface area (Å²) in [5.74, 6) is 0.701. The molecule has 0 radical (unpaired) electrons. The molecular formula is C18H18O6. The number of carbonyl (C=O) groups is 1. The molecule has 0 aliphatic heterocycles. The predicted molar refractivity (Wildman–Crippen MR) is 89.2 cm³/mol. The Bertz CT molecular complexity index is 754. The van der Waals surface area contributed by atoms with Crippen molar-refractivity contribution < 1.29 is 29.2 Å². The molecular weight excluding hydrogens is 312 g/mol. The molecule has 0 aliphatic carbocycles. The van der Waals surface area contributed by atoms with E-state index in [-0.39, 0.29) is 17.1 Å². The van der Waals surface area contributed by atoms with Crippen LogP contribution in [0.15, 0.2) is 36.4 Å². The molecule has 0 saturated carbocycles. The number of phenols is 2. The van der Waals surface area contributed by atoms with E-state index in [0.717, 1.165) is 0 Å². The van der Waals surface area contributed by atoms with E-state index in [2.05, 4.69) is 0 Å². The molecule has 24 heavy (non-hydrogen) atoms.